The highest BCUT2D eigenvalue weighted by atomic mass is 16.5. The molecule has 2 rings (SSSR count). The van der Waals surface area contributed by atoms with Crippen molar-refractivity contribution in [2.45, 2.75) is 39.2 Å². The Morgan fingerprint density at radius 2 is 2.12 bits per heavy atom. The minimum atomic E-state index is -1.29. The third kappa shape index (κ3) is 5.67. The van der Waals surface area contributed by atoms with Crippen molar-refractivity contribution in [2.24, 2.45) is 5.92 Å². The molecule has 1 aromatic carbocycles. The Morgan fingerprint density at radius 1 is 1.35 bits per heavy atom. The Labute approximate surface area is 152 Å². The van der Waals surface area contributed by atoms with Crippen LogP contribution < -0.4 is 5.32 Å². The SMILES string of the molecule is CC(C)OCCCNC(=O)C(C#N)C(=O)CCc1nc2ccccc2[nH]1. The molecule has 0 aliphatic rings. The van der Waals surface area contributed by atoms with Gasteiger partial charge in [-0.2, -0.15) is 5.26 Å². The second-order valence-corrected chi connectivity index (χ2v) is 6.29. The number of nitrogens with one attached hydrogen (secondary N) is 2. The molecule has 26 heavy (non-hydrogen) atoms. The maximum atomic E-state index is 12.2. The number of nitriles is 1. The standard InChI is InChI=1S/C19H24N4O3/c1-13(2)26-11-5-10-21-19(25)14(12-20)17(24)8-9-18-22-15-6-3-4-7-16(15)23-18/h3-4,6-7,13-14H,5,8-11H2,1-2H3,(H,21,25)(H,22,23). The highest BCUT2D eigenvalue weighted by molar-refractivity contribution is 6.03. The van der Waals surface area contributed by atoms with Crippen molar-refractivity contribution < 1.29 is 14.3 Å². The number of hydrogen-bond donors (Lipinski definition) is 2. The van der Waals surface area contributed by atoms with E-state index in [0.717, 1.165) is 11.0 Å². The molecule has 1 atom stereocenters. The Hall–Kier alpha value is -2.72. The third-order valence-electron chi connectivity index (χ3n) is 3.83. The summed E-state index contributed by atoms with van der Waals surface area (Å²) in [6.45, 7) is 4.77. The first-order chi connectivity index (χ1) is 12.5. The number of carbonyl (C=O) groups is 2. The number of Topliss-reactive ketones (excluding diaryl/α,β-unsaturated/α-hetero) is 1. The van der Waals surface area contributed by atoms with Crippen LogP contribution in [0.25, 0.3) is 11.0 Å². The van der Waals surface area contributed by atoms with E-state index in [2.05, 4.69) is 15.3 Å². The summed E-state index contributed by atoms with van der Waals surface area (Å²) in [7, 11) is 0. The van der Waals surface area contributed by atoms with E-state index in [4.69, 9.17) is 4.74 Å². The molecule has 0 bridgehead atoms. The maximum absolute atomic E-state index is 12.2. The van der Waals surface area contributed by atoms with Crippen LogP contribution in [-0.2, 0) is 20.7 Å². The van der Waals surface area contributed by atoms with Crippen molar-refractivity contribution in [1.29, 1.82) is 5.26 Å². The monoisotopic (exact) mass is 356 g/mol. The predicted molar refractivity (Wildman–Crippen MR) is 97.2 cm³/mol. The highest BCUT2D eigenvalue weighted by Crippen LogP contribution is 2.12. The van der Waals surface area contributed by atoms with Gasteiger partial charge in [0.25, 0.3) is 0 Å². The molecule has 0 radical (unpaired) electrons. The molecule has 0 spiro atoms. The number of ether oxygens (including phenoxy) is 1. The lowest BCUT2D eigenvalue weighted by Crippen LogP contribution is -2.35. The van der Waals surface area contributed by atoms with Crippen LogP contribution in [-0.4, -0.2) is 40.9 Å². The van der Waals surface area contributed by atoms with Crippen molar-refractivity contribution in [1.82, 2.24) is 15.3 Å². The number of para-hydroxylation sites is 2. The number of nitrogens with zero attached hydrogens (tertiary/aromatic N) is 2. The Morgan fingerprint density at radius 3 is 2.81 bits per heavy atom. The smallest absolute Gasteiger partial charge is 0.244 e. The van der Waals surface area contributed by atoms with Crippen LogP contribution >= 0.6 is 0 Å². The molecule has 0 aliphatic heterocycles. The molecule has 0 saturated carbocycles. The average molecular weight is 356 g/mol. The molecule has 2 aromatic rings. The number of ketones is 1. The van der Waals surface area contributed by atoms with Crippen LogP contribution in [0.15, 0.2) is 24.3 Å². The zero-order valence-corrected chi connectivity index (χ0v) is 15.1. The molecule has 1 unspecified atom stereocenters. The lowest BCUT2D eigenvalue weighted by molar-refractivity contribution is -0.131. The van der Waals surface area contributed by atoms with E-state index in [1.54, 1.807) is 6.07 Å². The molecule has 0 fully saturated rings. The minimum absolute atomic E-state index is 0.0852. The summed E-state index contributed by atoms with van der Waals surface area (Å²) in [5.41, 5.74) is 1.72. The topological polar surface area (TPSA) is 108 Å². The normalized spacial score (nSPS) is 12.1. The van der Waals surface area contributed by atoms with Gasteiger partial charge >= 0.3 is 0 Å². The summed E-state index contributed by atoms with van der Waals surface area (Å²) in [6, 6.07) is 9.38. The molecule has 7 nitrogen and oxygen atoms in total. The Balaban J connectivity index is 1.80. The number of aromatic nitrogens is 2. The fourth-order valence-electron chi connectivity index (χ4n) is 2.49. The van der Waals surface area contributed by atoms with Gasteiger partial charge in [-0.15, -0.1) is 0 Å². The van der Waals surface area contributed by atoms with Crippen LogP contribution in [0.1, 0.15) is 32.5 Å². The van der Waals surface area contributed by atoms with Crippen LogP contribution in [0.3, 0.4) is 0 Å². The minimum Gasteiger partial charge on any atom is -0.379 e. The van der Waals surface area contributed by atoms with Crippen LogP contribution in [0, 0.1) is 17.2 Å². The molecule has 0 saturated heterocycles. The van der Waals surface area contributed by atoms with E-state index in [0.29, 0.717) is 31.8 Å². The zero-order chi connectivity index (χ0) is 18.9. The van der Waals surface area contributed by atoms with Gasteiger partial charge in [0, 0.05) is 26.0 Å². The number of amides is 1. The molecule has 7 heteroatoms. The lowest BCUT2D eigenvalue weighted by Gasteiger charge is -2.10. The number of aromatic amines is 1. The molecule has 1 heterocycles. The van der Waals surface area contributed by atoms with Gasteiger partial charge in [0.1, 0.15) is 5.82 Å². The molecule has 138 valence electrons. The van der Waals surface area contributed by atoms with Crippen LogP contribution in [0.5, 0.6) is 0 Å². The van der Waals surface area contributed by atoms with Crippen LogP contribution in [0.4, 0.5) is 0 Å². The number of imidazole rings is 1. The van der Waals surface area contributed by atoms with Gasteiger partial charge in [-0.05, 0) is 32.4 Å². The largest absolute Gasteiger partial charge is 0.379 e. The van der Waals surface area contributed by atoms with E-state index >= 15 is 0 Å². The number of rotatable bonds is 10. The molecule has 2 N–H and O–H groups in total. The zero-order valence-electron chi connectivity index (χ0n) is 15.1. The average Bonchev–Trinajstić information content (AvgIpc) is 3.03. The first-order valence-corrected chi connectivity index (χ1v) is 8.76. The van der Waals surface area contributed by atoms with Gasteiger partial charge in [-0.25, -0.2) is 4.98 Å². The van der Waals surface area contributed by atoms with E-state index in [9.17, 15) is 14.9 Å². The quantitative estimate of drug-likeness (QED) is 0.501. The first-order valence-electron chi connectivity index (χ1n) is 8.76. The fraction of sp³-hybridized carbons (Fsp3) is 0.474. The Bertz CT molecular complexity index is 758. The number of hydrogen-bond acceptors (Lipinski definition) is 5. The van der Waals surface area contributed by atoms with Crippen molar-refractivity contribution >= 4 is 22.7 Å². The number of aryl methyl sites for hydroxylation is 1. The summed E-state index contributed by atoms with van der Waals surface area (Å²) < 4.78 is 5.38. The summed E-state index contributed by atoms with van der Waals surface area (Å²) in [4.78, 5) is 31.8. The molecular weight excluding hydrogens is 332 g/mol. The van der Waals surface area contributed by atoms with E-state index in [1.165, 1.54) is 0 Å². The third-order valence-corrected chi connectivity index (χ3v) is 3.83. The van der Waals surface area contributed by atoms with Crippen LogP contribution in [0.2, 0.25) is 0 Å². The summed E-state index contributed by atoms with van der Waals surface area (Å²) in [5, 5.41) is 11.8. The van der Waals surface area contributed by atoms with Gasteiger partial charge in [0.05, 0.1) is 23.2 Å². The van der Waals surface area contributed by atoms with E-state index < -0.39 is 17.6 Å². The predicted octanol–water partition coefficient (Wildman–Crippen LogP) is 2.14. The molecule has 1 amide bonds. The van der Waals surface area contributed by atoms with Gasteiger partial charge < -0.3 is 15.0 Å². The number of fused-ring (bicyclic) bond motifs is 1. The maximum Gasteiger partial charge on any atom is 0.244 e. The Kier molecular flexibility index (Phi) is 7.30. The summed E-state index contributed by atoms with van der Waals surface area (Å²) >= 11 is 0. The molecule has 1 aromatic heterocycles. The lowest BCUT2D eigenvalue weighted by atomic mass is 10.0. The summed E-state index contributed by atoms with van der Waals surface area (Å²) in [6.07, 6.45) is 1.22. The van der Waals surface area contributed by atoms with Gasteiger partial charge in [0.2, 0.25) is 5.91 Å². The van der Waals surface area contributed by atoms with E-state index in [-0.39, 0.29) is 12.5 Å². The number of benzene rings is 1. The van der Waals surface area contributed by atoms with Crippen molar-refractivity contribution in [3.05, 3.63) is 30.1 Å². The van der Waals surface area contributed by atoms with Crippen molar-refractivity contribution in [2.75, 3.05) is 13.2 Å². The fourth-order valence-corrected chi connectivity index (χ4v) is 2.49. The molecular formula is C19H24N4O3. The second-order valence-electron chi connectivity index (χ2n) is 6.29. The highest BCUT2D eigenvalue weighted by Gasteiger charge is 2.25. The van der Waals surface area contributed by atoms with Gasteiger partial charge in [0.15, 0.2) is 11.7 Å². The molecule has 0 aliphatic carbocycles. The van der Waals surface area contributed by atoms with Gasteiger partial charge in [-0.1, -0.05) is 12.1 Å². The van der Waals surface area contributed by atoms with Gasteiger partial charge in [-0.3, -0.25) is 9.59 Å². The van der Waals surface area contributed by atoms with Crippen molar-refractivity contribution in [3.8, 4) is 6.07 Å². The second kappa shape index (κ2) is 9.68. The first kappa shape index (κ1) is 19.6. The number of H-pyrrole nitrogens is 1. The summed E-state index contributed by atoms with van der Waals surface area (Å²) in [5.74, 6) is -1.57. The van der Waals surface area contributed by atoms with E-state index in [1.807, 2.05) is 38.1 Å². The number of carbonyl (C=O) groups excluding carboxylic acids is 2. The van der Waals surface area contributed by atoms with Crippen molar-refractivity contribution in [3.63, 3.8) is 0 Å².